The zero-order chi connectivity index (χ0) is 12.9. The standard InChI is InChI=1S/C12H11BrF2N2O/c1-18-11-16-8-3-2-7(13)6-9(8)17(11)12(4-5-12)10(14)15/h2-3,6,10H,4-5H2,1H3. The van der Waals surface area contributed by atoms with Gasteiger partial charge in [-0.3, -0.25) is 4.57 Å². The summed E-state index contributed by atoms with van der Waals surface area (Å²) in [7, 11) is 1.45. The largest absolute Gasteiger partial charge is 0.468 e. The normalized spacial score (nSPS) is 17.4. The molecule has 1 aliphatic rings. The van der Waals surface area contributed by atoms with E-state index in [9.17, 15) is 8.78 Å². The van der Waals surface area contributed by atoms with Crippen LogP contribution in [0.5, 0.6) is 6.01 Å². The molecule has 0 spiro atoms. The van der Waals surface area contributed by atoms with Crippen LogP contribution in [0.1, 0.15) is 12.8 Å². The molecule has 1 heterocycles. The minimum Gasteiger partial charge on any atom is -0.468 e. The fourth-order valence-corrected chi connectivity index (χ4v) is 2.61. The number of alkyl halides is 2. The minimum atomic E-state index is -2.41. The number of ether oxygens (including phenoxy) is 1. The highest BCUT2D eigenvalue weighted by Crippen LogP contribution is 2.52. The minimum absolute atomic E-state index is 0.251. The summed E-state index contributed by atoms with van der Waals surface area (Å²) in [5.41, 5.74) is 0.210. The molecule has 1 aromatic heterocycles. The quantitative estimate of drug-likeness (QED) is 0.865. The summed E-state index contributed by atoms with van der Waals surface area (Å²) in [6.07, 6.45) is -1.50. The molecule has 0 atom stereocenters. The first kappa shape index (κ1) is 11.9. The number of hydrogen-bond acceptors (Lipinski definition) is 2. The lowest BCUT2D eigenvalue weighted by Crippen LogP contribution is -2.26. The zero-order valence-corrected chi connectivity index (χ0v) is 11.2. The fraction of sp³-hybridized carbons (Fsp3) is 0.417. The summed E-state index contributed by atoms with van der Waals surface area (Å²) >= 11 is 3.35. The molecule has 3 rings (SSSR count). The molecule has 6 heteroatoms. The molecular weight excluding hydrogens is 306 g/mol. The van der Waals surface area contributed by atoms with Crippen LogP contribution in [-0.4, -0.2) is 23.1 Å². The molecule has 1 saturated carbocycles. The van der Waals surface area contributed by atoms with Crippen LogP contribution in [0.4, 0.5) is 8.78 Å². The van der Waals surface area contributed by atoms with Gasteiger partial charge in [0.05, 0.1) is 18.1 Å². The molecule has 2 aromatic rings. The Balaban J connectivity index is 2.29. The molecule has 0 radical (unpaired) electrons. The van der Waals surface area contributed by atoms with E-state index in [1.165, 1.54) is 11.7 Å². The van der Waals surface area contributed by atoms with Crippen molar-refractivity contribution in [2.75, 3.05) is 7.11 Å². The van der Waals surface area contributed by atoms with Crippen LogP contribution < -0.4 is 4.74 Å². The van der Waals surface area contributed by atoms with Gasteiger partial charge in [0.25, 0.3) is 12.4 Å². The van der Waals surface area contributed by atoms with Gasteiger partial charge in [-0.25, -0.2) is 8.78 Å². The first-order chi connectivity index (χ1) is 8.58. The van der Waals surface area contributed by atoms with E-state index in [1.54, 1.807) is 12.1 Å². The molecule has 0 amide bonds. The highest BCUT2D eigenvalue weighted by atomic mass is 79.9. The molecule has 1 aromatic carbocycles. The smallest absolute Gasteiger partial charge is 0.297 e. The van der Waals surface area contributed by atoms with Gasteiger partial charge in [0, 0.05) is 4.47 Å². The molecule has 96 valence electrons. The molecular formula is C12H11BrF2N2O. The number of nitrogens with zero attached hydrogens (tertiary/aromatic N) is 2. The summed E-state index contributed by atoms with van der Waals surface area (Å²) in [5, 5.41) is 0. The van der Waals surface area contributed by atoms with Crippen LogP contribution in [0.15, 0.2) is 22.7 Å². The second-order valence-electron chi connectivity index (χ2n) is 4.47. The number of methoxy groups -OCH3 is 1. The Labute approximate surface area is 111 Å². The van der Waals surface area contributed by atoms with E-state index in [0.717, 1.165) is 4.47 Å². The summed E-state index contributed by atoms with van der Waals surface area (Å²) in [5.74, 6) is 0. The van der Waals surface area contributed by atoms with E-state index < -0.39 is 12.0 Å². The van der Waals surface area contributed by atoms with Crippen LogP contribution in [0.25, 0.3) is 11.0 Å². The lowest BCUT2D eigenvalue weighted by atomic mass is 10.2. The number of imidazole rings is 1. The van der Waals surface area contributed by atoms with E-state index in [2.05, 4.69) is 20.9 Å². The van der Waals surface area contributed by atoms with E-state index in [0.29, 0.717) is 23.9 Å². The van der Waals surface area contributed by atoms with Crippen molar-refractivity contribution in [3.8, 4) is 6.01 Å². The maximum Gasteiger partial charge on any atom is 0.297 e. The maximum atomic E-state index is 13.3. The Hall–Kier alpha value is -1.17. The third kappa shape index (κ3) is 1.55. The Kier molecular flexibility index (Phi) is 2.59. The average molecular weight is 317 g/mol. The molecule has 0 bridgehead atoms. The van der Waals surface area contributed by atoms with Crippen molar-refractivity contribution in [1.82, 2.24) is 9.55 Å². The summed E-state index contributed by atoms with van der Waals surface area (Å²) < 4.78 is 34.1. The Morgan fingerprint density at radius 1 is 1.44 bits per heavy atom. The molecule has 0 unspecified atom stereocenters. The van der Waals surface area contributed by atoms with Gasteiger partial charge in [0.2, 0.25) is 0 Å². The third-order valence-electron chi connectivity index (χ3n) is 3.38. The second-order valence-corrected chi connectivity index (χ2v) is 5.39. The van der Waals surface area contributed by atoms with Gasteiger partial charge in [-0.05, 0) is 31.0 Å². The molecule has 0 aliphatic heterocycles. The van der Waals surface area contributed by atoms with E-state index in [-0.39, 0.29) is 6.01 Å². The monoisotopic (exact) mass is 316 g/mol. The number of halogens is 3. The lowest BCUT2D eigenvalue weighted by molar-refractivity contribution is 0.0646. The molecule has 0 saturated heterocycles. The number of aromatic nitrogens is 2. The number of benzene rings is 1. The fourth-order valence-electron chi connectivity index (χ4n) is 2.26. The van der Waals surface area contributed by atoms with Crippen molar-refractivity contribution < 1.29 is 13.5 Å². The van der Waals surface area contributed by atoms with Crippen LogP contribution in [-0.2, 0) is 5.54 Å². The van der Waals surface area contributed by atoms with Crippen LogP contribution >= 0.6 is 15.9 Å². The van der Waals surface area contributed by atoms with Crippen LogP contribution in [0, 0.1) is 0 Å². The average Bonchev–Trinajstić information content (AvgIpc) is 3.06. The second kappa shape index (κ2) is 3.91. The third-order valence-corrected chi connectivity index (χ3v) is 3.88. The summed E-state index contributed by atoms with van der Waals surface area (Å²) in [6, 6.07) is 5.68. The van der Waals surface area contributed by atoms with Crippen molar-refractivity contribution in [2.45, 2.75) is 24.8 Å². The van der Waals surface area contributed by atoms with Gasteiger partial charge < -0.3 is 4.74 Å². The van der Waals surface area contributed by atoms with Crippen molar-refractivity contribution >= 4 is 27.0 Å². The maximum absolute atomic E-state index is 13.3. The van der Waals surface area contributed by atoms with Gasteiger partial charge in [0.15, 0.2) is 0 Å². The van der Waals surface area contributed by atoms with Crippen LogP contribution in [0.3, 0.4) is 0 Å². The van der Waals surface area contributed by atoms with E-state index in [4.69, 9.17) is 4.74 Å². The molecule has 0 N–H and O–H groups in total. The van der Waals surface area contributed by atoms with Crippen LogP contribution in [0.2, 0.25) is 0 Å². The number of hydrogen-bond donors (Lipinski definition) is 0. The van der Waals surface area contributed by atoms with E-state index >= 15 is 0 Å². The van der Waals surface area contributed by atoms with Crippen molar-refractivity contribution in [3.05, 3.63) is 22.7 Å². The number of rotatable bonds is 3. The Morgan fingerprint density at radius 3 is 2.72 bits per heavy atom. The zero-order valence-electron chi connectivity index (χ0n) is 9.66. The summed E-state index contributed by atoms with van der Waals surface area (Å²) in [6.45, 7) is 0. The van der Waals surface area contributed by atoms with Gasteiger partial charge in [-0.15, -0.1) is 0 Å². The Morgan fingerprint density at radius 2 is 2.17 bits per heavy atom. The van der Waals surface area contributed by atoms with Crippen molar-refractivity contribution in [2.24, 2.45) is 0 Å². The van der Waals surface area contributed by atoms with Gasteiger partial charge in [0.1, 0.15) is 5.54 Å². The molecule has 1 fully saturated rings. The first-order valence-corrected chi connectivity index (χ1v) is 6.38. The predicted molar refractivity (Wildman–Crippen MR) is 67.2 cm³/mol. The van der Waals surface area contributed by atoms with Gasteiger partial charge in [-0.1, -0.05) is 15.9 Å². The Bertz CT molecular complexity index is 607. The predicted octanol–water partition coefficient (Wildman–Crippen LogP) is 3.56. The van der Waals surface area contributed by atoms with Gasteiger partial charge in [-0.2, -0.15) is 4.98 Å². The lowest BCUT2D eigenvalue weighted by Gasteiger charge is -2.19. The highest BCUT2D eigenvalue weighted by Gasteiger charge is 2.55. The van der Waals surface area contributed by atoms with Gasteiger partial charge >= 0.3 is 0 Å². The SMILES string of the molecule is COc1nc2ccc(Br)cc2n1C1(C(F)F)CC1. The highest BCUT2D eigenvalue weighted by molar-refractivity contribution is 9.10. The van der Waals surface area contributed by atoms with E-state index in [1.807, 2.05) is 6.07 Å². The molecule has 18 heavy (non-hydrogen) atoms. The molecule has 1 aliphatic carbocycles. The first-order valence-electron chi connectivity index (χ1n) is 5.59. The topological polar surface area (TPSA) is 27.1 Å². The molecule has 3 nitrogen and oxygen atoms in total. The summed E-state index contributed by atoms with van der Waals surface area (Å²) in [4.78, 5) is 4.25. The van der Waals surface area contributed by atoms with Crippen molar-refractivity contribution in [3.63, 3.8) is 0 Å². The number of fused-ring (bicyclic) bond motifs is 1. The van der Waals surface area contributed by atoms with Crippen molar-refractivity contribution in [1.29, 1.82) is 0 Å².